The second-order valence-electron chi connectivity index (χ2n) is 5.49. The molecule has 7 heteroatoms. The van der Waals surface area contributed by atoms with Gasteiger partial charge in [-0.15, -0.1) is 0 Å². The number of nitro benzene ring substituents is 1. The molecule has 2 rings (SSSR count). The number of ether oxygens (including phenoxy) is 1. The zero-order valence-electron chi connectivity index (χ0n) is 14.3. The van der Waals surface area contributed by atoms with E-state index in [-0.39, 0.29) is 5.69 Å². The molecule has 0 saturated carbocycles. The summed E-state index contributed by atoms with van der Waals surface area (Å²) in [5.74, 6) is 0.999. The van der Waals surface area contributed by atoms with Gasteiger partial charge in [0.25, 0.3) is 0 Å². The molecule has 2 aromatic rings. The molecule has 1 aromatic carbocycles. The Balaban J connectivity index is 1.93. The first-order valence-electron chi connectivity index (χ1n) is 8.07. The molecule has 0 aliphatic heterocycles. The van der Waals surface area contributed by atoms with Crippen LogP contribution in [0.4, 0.5) is 5.69 Å². The van der Waals surface area contributed by atoms with Crippen LogP contribution in [0.15, 0.2) is 29.4 Å². The largest absolute Gasteiger partial charge is 0.486 e. The molecule has 0 spiro atoms. The molecule has 0 bridgehead atoms. The van der Waals surface area contributed by atoms with E-state index in [1.165, 1.54) is 11.8 Å². The molecule has 0 aliphatic carbocycles. The molecule has 1 heterocycles. The van der Waals surface area contributed by atoms with Gasteiger partial charge in [-0.25, -0.2) is 4.98 Å². The predicted octanol–water partition coefficient (Wildman–Crippen LogP) is 4.38. The van der Waals surface area contributed by atoms with Crippen LogP contribution in [0, 0.1) is 24.0 Å². The van der Waals surface area contributed by atoms with Crippen LogP contribution in [0.5, 0.6) is 5.75 Å². The number of nitrogens with zero attached hydrogens (tertiary/aromatic N) is 3. The Bertz CT molecular complexity index is 700. The Morgan fingerprint density at radius 1 is 1.33 bits per heavy atom. The summed E-state index contributed by atoms with van der Waals surface area (Å²) in [6.45, 7) is 7.65. The van der Waals surface area contributed by atoms with Crippen LogP contribution in [0.2, 0.25) is 0 Å². The summed E-state index contributed by atoms with van der Waals surface area (Å²) >= 11 is 1.62. The molecule has 24 heavy (non-hydrogen) atoms. The lowest BCUT2D eigenvalue weighted by Crippen LogP contribution is -2.05. The van der Waals surface area contributed by atoms with Crippen molar-refractivity contribution in [2.24, 2.45) is 0 Å². The fourth-order valence-corrected chi connectivity index (χ4v) is 3.26. The summed E-state index contributed by atoms with van der Waals surface area (Å²) in [5.41, 5.74) is 2.25. The first-order chi connectivity index (χ1) is 11.5. The average molecular weight is 349 g/mol. The van der Waals surface area contributed by atoms with Crippen molar-refractivity contribution in [3.8, 4) is 5.75 Å². The van der Waals surface area contributed by atoms with Gasteiger partial charge in [-0.2, -0.15) is 0 Å². The predicted molar refractivity (Wildman–Crippen MR) is 95.9 cm³/mol. The average Bonchev–Trinajstić information content (AvgIpc) is 2.84. The molecule has 6 nitrogen and oxygen atoms in total. The smallest absolute Gasteiger partial charge is 0.310 e. The number of aromatic nitrogens is 2. The number of para-hydroxylation sites is 2. The Labute approximate surface area is 146 Å². The van der Waals surface area contributed by atoms with Gasteiger partial charge in [0.1, 0.15) is 0 Å². The fraction of sp³-hybridized carbons (Fsp3) is 0.471. The highest BCUT2D eigenvalue weighted by molar-refractivity contribution is 7.99. The third kappa shape index (κ3) is 4.50. The number of benzene rings is 1. The fourth-order valence-electron chi connectivity index (χ4n) is 2.33. The van der Waals surface area contributed by atoms with Crippen LogP contribution < -0.4 is 4.74 Å². The number of imidazole rings is 1. The number of aryl methyl sites for hydroxylation is 1. The highest BCUT2D eigenvalue weighted by Crippen LogP contribution is 2.27. The van der Waals surface area contributed by atoms with Crippen molar-refractivity contribution in [2.75, 3.05) is 12.4 Å². The summed E-state index contributed by atoms with van der Waals surface area (Å²) in [5, 5.41) is 12.0. The lowest BCUT2D eigenvalue weighted by molar-refractivity contribution is -0.385. The van der Waals surface area contributed by atoms with Gasteiger partial charge in [0.05, 0.1) is 17.2 Å². The number of unbranched alkanes of at least 4 members (excludes halogenated alkanes) is 1. The van der Waals surface area contributed by atoms with Crippen LogP contribution in [0.1, 0.15) is 31.2 Å². The first-order valence-corrected chi connectivity index (χ1v) is 9.06. The maximum absolute atomic E-state index is 11.0. The normalized spacial score (nSPS) is 10.8. The standard InChI is InChI=1S/C17H23N3O3S/c1-4-5-10-19-14(3)13(2)18-17(19)24-12-11-23-16-9-7-6-8-15(16)20(21)22/h6-9H,4-5,10-12H2,1-3H3. The van der Waals surface area contributed by atoms with E-state index in [9.17, 15) is 10.1 Å². The van der Waals surface area contributed by atoms with Gasteiger partial charge >= 0.3 is 5.69 Å². The lowest BCUT2D eigenvalue weighted by Gasteiger charge is -2.10. The number of thioether (sulfide) groups is 1. The highest BCUT2D eigenvalue weighted by Gasteiger charge is 2.14. The molecule has 0 atom stereocenters. The van der Waals surface area contributed by atoms with Crippen LogP contribution >= 0.6 is 11.8 Å². The van der Waals surface area contributed by atoms with E-state index in [0.717, 1.165) is 30.2 Å². The van der Waals surface area contributed by atoms with E-state index in [0.29, 0.717) is 18.1 Å². The minimum Gasteiger partial charge on any atom is -0.486 e. The van der Waals surface area contributed by atoms with Crippen molar-refractivity contribution in [3.63, 3.8) is 0 Å². The van der Waals surface area contributed by atoms with E-state index in [1.54, 1.807) is 30.0 Å². The van der Waals surface area contributed by atoms with Gasteiger partial charge in [-0.3, -0.25) is 10.1 Å². The van der Waals surface area contributed by atoms with Crippen molar-refractivity contribution in [3.05, 3.63) is 45.8 Å². The molecule has 0 N–H and O–H groups in total. The number of hydrogen-bond acceptors (Lipinski definition) is 5. The Morgan fingerprint density at radius 3 is 2.79 bits per heavy atom. The number of rotatable bonds is 9. The van der Waals surface area contributed by atoms with Crippen LogP contribution in [-0.4, -0.2) is 26.8 Å². The molecule has 0 amide bonds. The van der Waals surface area contributed by atoms with Gasteiger partial charge in [-0.1, -0.05) is 37.2 Å². The summed E-state index contributed by atoms with van der Waals surface area (Å²) < 4.78 is 7.82. The maximum Gasteiger partial charge on any atom is 0.310 e. The molecular formula is C17H23N3O3S. The van der Waals surface area contributed by atoms with Crippen molar-refractivity contribution in [1.82, 2.24) is 9.55 Å². The molecule has 0 aliphatic rings. The minimum atomic E-state index is -0.424. The first kappa shape index (κ1) is 18.3. The molecule has 0 radical (unpaired) electrons. The van der Waals surface area contributed by atoms with Gasteiger partial charge in [0.2, 0.25) is 0 Å². The molecular weight excluding hydrogens is 326 g/mol. The third-order valence-corrected chi connectivity index (χ3v) is 4.73. The van der Waals surface area contributed by atoms with Crippen molar-refractivity contribution in [1.29, 1.82) is 0 Å². The zero-order valence-corrected chi connectivity index (χ0v) is 15.1. The summed E-state index contributed by atoms with van der Waals surface area (Å²) in [4.78, 5) is 15.2. The summed E-state index contributed by atoms with van der Waals surface area (Å²) in [6.07, 6.45) is 2.26. The monoisotopic (exact) mass is 349 g/mol. The SMILES string of the molecule is CCCCn1c(SCCOc2ccccc2[N+](=O)[O-])nc(C)c1C. The molecule has 0 unspecified atom stereocenters. The van der Waals surface area contributed by atoms with Crippen LogP contribution in [0.25, 0.3) is 0 Å². The number of hydrogen-bond donors (Lipinski definition) is 0. The lowest BCUT2D eigenvalue weighted by atomic mass is 10.3. The van der Waals surface area contributed by atoms with E-state index in [1.807, 2.05) is 6.92 Å². The third-order valence-electron chi connectivity index (χ3n) is 3.79. The van der Waals surface area contributed by atoms with Crippen LogP contribution in [-0.2, 0) is 6.54 Å². The molecule has 0 fully saturated rings. The van der Waals surface area contributed by atoms with Gasteiger partial charge < -0.3 is 9.30 Å². The minimum absolute atomic E-state index is 0.00126. The Hall–Kier alpha value is -2.02. The molecule has 130 valence electrons. The van der Waals surface area contributed by atoms with E-state index >= 15 is 0 Å². The zero-order chi connectivity index (χ0) is 17.5. The number of nitro groups is 1. The highest BCUT2D eigenvalue weighted by atomic mass is 32.2. The Morgan fingerprint density at radius 2 is 2.08 bits per heavy atom. The maximum atomic E-state index is 11.0. The van der Waals surface area contributed by atoms with E-state index in [4.69, 9.17) is 4.74 Å². The second-order valence-corrected chi connectivity index (χ2v) is 6.55. The Kier molecular flexibility index (Phi) is 6.66. The van der Waals surface area contributed by atoms with Crippen LogP contribution in [0.3, 0.4) is 0 Å². The van der Waals surface area contributed by atoms with Gasteiger partial charge in [-0.05, 0) is 26.3 Å². The van der Waals surface area contributed by atoms with Crippen molar-refractivity contribution in [2.45, 2.75) is 45.3 Å². The van der Waals surface area contributed by atoms with Crippen molar-refractivity contribution < 1.29 is 9.66 Å². The molecule has 0 saturated heterocycles. The quantitative estimate of drug-likeness (QED) is 0.291. The van der Waals surface area contributed by atoms with Gasteiger partial charge in [0, 0.05) is 24.1 Å². The molecule has 1 aromatic heterocycles. The van der Waals surface area contributed by atoms with Crippen molar-refractivity contribution >= 4 is 17.4 Å². The van der Waals surface area contributed by atoms with E-state index in [2.05, 4.69) is 23.4 Å². The van der Waals surface area contributed by atoms with Gasteiger partial charge in [0.15, 0.2) is 10.9 Å². The summed E-state index contributed by atoms with van der Waals surface area (Å²) in [7, 11) is 0. The topological polar surface area (TPSA) is 70.2 Å². The van der Waals surface area contributed by atoms with E-state index < -0.39 is 4.92 Å². The second kappa shape index (κ2) is 8.73. The summed E-state index contributed by atoms with van der Waals surface area (Å²) in [6, 6.07) is 6.45.